The van der Waals surface area contributed by atoms with Crippen molar-refractivity contribution in [2.45, 2.75) is 38.6 Å². The number of hydrogen-bond acceptors (Lipinski definition) is 5. The lowest BCUT2D eigenvalue weighted by atomic mass is 10.0. The molecule has 0 amide bonds. The molecule has 1 fully saturated rings. The SMILES string of the molecule is CCC1CCCCN1c1nncc(Nc2ccc(Cl)cc2Cl)n1. The molecule has 3 rings (SSSR count). The topological polar surface area (TPSA) is 53.9 Å². The van der Waals surface area contributed by atoms with Crippen molar-refractivity contribution >= 4 is 40.7 Å². The highest BCUT2D eigenvalue weighted by atomic mass is 35.5. The highest BCUT2D eigenvalue weighted by Crippen LogP contribution is 2.28. The zero-order valence-corrected chi connectivity index (χ0v) is 14.5. The predicted molar refractivity (Wildman–Crippen MR) is 94.8 cm³/mol. The van der Waals surface area contributed by atoms with Crippen LogP contribution in [0.5, 0.6) is 0 Å². The lowest BCUT2D eigenvalue weighted by Crippen LogP contribution is -2.40. The zero-order valence-electron chi connectivity index (χ0n) is 13.0. The molecule has 5 nitrogen and oxygen atoms in total. The van der Waals surface area contributed by atoms with Crippen LogP contribution in [0.1, 0.15) is 32.6 Å². The first-order valence-electron chi connectivity index (χ1n) is 7.86. The van der Waals surface area contributed by atoms with E-state index in [1.165, 1.54) is 19.3 Å². The number of piperidine rings is 1. The quantitative estimate of drug-likeness (QED) is 0.865. The van der Waals surface area contributed by atoms with Gasteiger partial charge < -0.3 is 10.2 Å². The summed E-state index contributed by atoms with van der Waals surface area (Å²) in [5.41, 5.74) is 0.744. The van der Waals surface area contributed by atoms with E-state index in [1.54, 1.807) is 18.3 Å². The Labute approximate surface area is 146 Å². The van der Waals surface area contributed by atoms with Gasteiger partial charge in [0.05, 0.1) is 16.9 Å². The maximum atomic E-state index is 6.19. The Kier molecular flexibility index (Phi) is 5.18. The van der Waals surface area contributed by atoms with E-state index in [0.29, 0.717) is 27.9 Å². The first-order chi connectivity index (χ1) is 11.2. The summed E-state index contributed by atoms with van der Waals surface area (Å²) in [6, 6.07) is 5.78. The fraction of sp³-hybridized carbons (Fsp3) is 0.438. The standard InChI is InChI=1S/C16H19Cl2N5/c1-2-12-5-3-4-8-23(12)16-21-15(10-19-22-16)20-14-7-6-11(17)9-13(14)18/h6-7,9-10,12H,2-5,8H2,1H3,(H,20,21,22). The van der Waals surface area contributed by atoms with Gasteiger partial charge in [-0.3, -0.25) is 0 Å². The third-order valence-corrected chi connectivity index (χ3v) is 4.64. The summed E-state index contributed by atoms with van der Waals surface area (Å²) in [5, 5.41) is 12.6. The summed E-state index contributed by atoms with van der Waals surface area (Å²) in [6.07, 6.45) is 6.30. The van der Waals surface area contributed by atoms with Crippen LogP contribution >= 0.6 is 23.2 Å². The summed E-state index contributed by atoms with van der Waals surface area (Å²) < 4.78 is 0. The predicted octanol–water partition coefficient (Wildman–Crippen LogP) is 4.69. The number of benzene rings is 1. The van der Waals surface area contributed by atoms with Gasteiger partial charge in [-0.05, 0) is 43.9 Å². The summed E-state index contributed by atoms with van der Waals surface area (Å²) in [5.74, 6) is 1.30. The summed E-state index contributed by atoms with van der Waals surface area (Å²) in [4.78, 5) is 6.86. The van der Waals surface area contributed by atoms with E-state index < -0.39 is 0 Å². The van der Waals surface area contributed by atoms with Crippen molar-refractivity contribution in [3.05, 3.63) is 34.4 Å². The first-order valence-corrected chi connectivity index (χ1v) is 8.61. The van der Waals surface area contributed by atoms with Gasteiger partial charge in [0, 0.05) is 17.6 Å². The number of anilines is 3. The number of rotatable bonds is 4. The van der Waals surface area contributed by atoms with Gasteiger partial charge in [0.2, 0.25) is 5.95 Å². The van der Waals surface area contributed by atoms with Crippen LogP contribution in [0.4, 0.5) is 17.5 Å². The fourth-order valence-corrected chi connectivity index (χ4v) is 3.35. The molecule has 2 heterocycles. The second-order valence-corrected chi connectivity index (χ2v) is 6.49. The monoisotopic (exact) mass is 351 g/mol. The van der Waals surface area contributed by atoms with Gasteiger partial charge in [0.15, 0.2) is 5.82 Å². The molecule has 0 spiro atoms. The van der Waals surface area contributed by atoms with E-state index in [4.69, 9.17) is 23.2 Å². The zero-order chi connectivity index (χ0) is 16.2. The Morgan fingerprint density at radius 1 is 1.30 bits per heavy atom. The molecule has 0 saturated carbocycles. The van der Waals surface area contributed by atoms with Crippen LogP contribution in [0.2, 0.25) is 10.0 Å². The minimum Gasteiger partial charge on any atom is -0.338 e. The third kappa shape index (κ3) is 3.85. The van der Waals surface area contributed by atoms with Crippen LogP contribution in [0.3, 0.4) is 0 Å². The van der Waals surface area contributed by atoms with Gasteiger partial charge in [-0.15, -0.1) is 5.10 Å². The number of aromatic nitrogens is 3. The van der Waals surface area contributed by atoms with E-state index in [0.717, 1.165) is 18.7 Å². The Bertz CT molecular complexity index is 679. The van der Waals surface area contributed by atoms with E-state index >= 15 is 0 Å². The van der Waals surface area contributed by atoms with E-state index in [2.05, 4.69) is 32.3 Å². The number of nitrogens with one attached hydrogen (secondary N) is 1. The van der Waals surface area contributed by atoms with Crippen LogP contribution < -0.4 is 10.2 Å². The Hall–Kier alpha value is -1.59. The molecule has 23 heavy (non-hydrogen) atoms. The molecule has 0 aliphatic carbocycles. The molecule has 1 unspecified atom stereocenters. The molecule has 1 aliphatic rings. The first kappa shape index (κ1) is 16.3. The highest BCUT2D eigenvalue weighted by molar-refractivity contribution is 6.36. The van der Waals surface area contributed by atoms with Crippen molar-refractivity contribution < 1.29 is 0 Å². The van der Waals surface area contributed by atoms with Crippen LogP contribution in [0.25, 0.3) is 0 Å². The van der Waals surface area contributed by atoms with Gasteiger partial charge >= 0.3 is 0 Å². The summed E-state index contributed by atoms with van der Waals surface area (Å²) in [7, 11) is 0. The van der Waals surface area contributed by atoms with Crippen LogP contribution in [0.15, 0.2) is 24.4 Å². The lowest BCUT2D eigenvalue weighted by molar-refractivity contribution is 0.442. The Morgan fingerprint density at radius 3 is 2.96 bits per heavy atom. The Morgan fingerprint density at radius 2 is 2.17 bits per heavy atom. The molecule has 1 aliphatic heterocycles. The molecule has 2 aromatic rings. The molecule has 0 bridgehead atoms. The van der Waals surface area contributed by atoms with Crippen molar-refractivity contribution in [3.63, 3.8) is 0 Å². The molecule has 1 N–H and O–H groups in total. The number of hydrogen-bond donors (Lipinski definition) is 1. The second-order valence-electron chi connectivity index (χ2n) is 5.64. The average Bonchev–Trinajstić information content (AvgIpc) is 2.58. The molecular formula is C16H19Cl2N5. The summed E-state index contributed by atoms with van der Waals surface area (Å²) in [6.45, 7) is 3.18. The van der Waals surface area contributed by atoms with E-state index in [1.807, 2.05) is 6.07 Å². The molecule has 1 aromatic heterocycles. The molecule has 0 radical (unpaired) electrons. The highest BCUT2D eigenvalue weighted by Gasteiger charge is 2.23. The van der Waals surface area contributed by atoms with E-state index in [-0.39, 0.29) is 0 Å². The van der Waals surface area contributed by atoms with Gasteiger partial charge in [-0.2, -0.15) is 10.1 Å². The molecule has 1 atom stereocenters. The van der Waals surface area contributed by atoms with Gasteiger partial charge in [-0.1, -0.05) is 30.1 Å². The molecular weight excluding hydrogens is 333 g/mol. The van der Waals surface area contributed by atoms with Crippen molar-refractivity contribution in [2.24, 2.45) is 0 Å². The van der Waals surface area contributed by atoms with Crippen LogP contribution in [-0.4, -0.2) is 27.8 Å². The maximum Gasteiger partial charge on any atom is 0.247 e. The summed E-state index contributed by atoms with van der Waals surface area (Å²) >= 11 is 12.1. The van der Waals surface area contributed by atoms with Gasteiger partial charge in [0.1, 0.15) is 0 Å². The van der Waals surface area contributed by atoms with Crippen LogP contribution in [-0.2, 0) is 0 Å². The molecule has 1 aromatic carbocycles. The van der Waals surface area contributed by atoms with Crippen molar-refractivity contribution in [2.75, 3.05) is 16.8 Å². The van der Waals surface area contributed by atoms with Crippen molar-refractivity contribution in [1.82, 2.24) is 15.2 Å². The Balaban J connectivity index is 1.82. The molecule has 7 heteroatoms. The maximum absolute atomic E-state index is 6.19. The minimum atomic E-state index is 0.486. The molecule has 122 valence electrons. The normalized spacial score (nSPS) is 18.0. The fourth-order valence-electron chi connectivity index (χ4n) is 2.89. The van der Waals surface area contributed by atoms with Crippen molar-refractivity contribution in [3.8, 4) is 0 Å². The van der Waals surface area contributed by atoms with Gasteiger partial charge in [-0.25, -0.2) is 0 Å². The number of halogens is 2. The molecule has 1 saturated heterocycles. The average molecular weight is 352 g/mol. The smallest absolute Gasteiger partial charge is 0.247 e. The largest absolute Gasteiger partial charge is 0.338 e. The number of nitrogens with zero attached hydrogens (tertiary/aromatic N) is 4. The third-order valence-electron chi connectivity index (χ3n) is 4.10. The van der Waals surface area contributed by atoms with Gasteiger partial charge in [0.25, 0.3) is 0 Å². The van der Waals surface area contributed by atoms with Crippen LogP contribution in [0, 0.1) is 0 Å². The minimum absolute atomic E-state index is 0.486. The van der Waals surface area contributed by atoms with Crippen molar-refractivity contribution in [1.29, 1.82) is 0 Å². The lowest BCUT2D eigenvalue weighted by Gasteiger charge is -2.34. The second kappa shape index (κ2) is 7.32. The van der Waals surface area contributed by atoms with E-state index in [9.17, 15) is 0 Å².